The lowest BCUT2D eigenvalue weighted by Crippen LogP contribution is -2.61. The molecule has 0 saturated carbocycles. The van der Waals surface area contributed by atoms with Crippen molar-refractivity contribution in [2.75, 3.05) is 19.7 Å². The first-order chi connectivity index (χ1) is 30.9. The maximum Gasteiger partial charge on any atom is 0.326 e. The third-order valence-electron chi connectivity index (χ3n) is 11.2. The van der Waals surface area contributed by atoms with Crippen LogP contribution in [0.3, 0.4) is 0 Å². The van der Waals surface area contributed by atoms with Crippen molar-refractivity contribution in [1.29, 1.82) is 0 Å². The quantitative estimate of drug-likeness (QED) is 0.0309. The van der Waals surface area contributed by atoms with Gasteiger partial charge in [-0.1, -0.05) is 76.2 Å². The van der Waals surface area contributed by atoms with E-state index in [1.54, 1.807) is 20.0 Å². The van der Waals surface area contributed by atoms with Crippen LogP contribution >= 0.6 is 0 Å². The van der Waals surface area contributed by atoms with Gasteiger partial charge in [0.1, 0.15) is 36.3 Å². The molecule has 14 N–H and O–H groups in total. The van der Waals surface area contributed by atoms with Gasteiger partial charge in [0, 0.05) is 36.6 Å². The van der Waals surface area contributed by atoms with Crippen molar-refractivity contribution >= 4 is 58.3 Å². The van der Waals surface area contributed by atoms with Gasteiger partial charge >= 0.3 is 5.97 Å². The minimum atomic E-state index is -1.60. The summed E-state index contributed by atoms with van der Waals surface area (Å²) in [6.45, 7) is 6.44. The number of para-hydroxylation sites is 1. The summed E-state index contributed by atoms with van der Waals surface area (Å²) >= 11 is 0. The van der Waals surface area contributed by atoms with E-state index in [1.165, 1.54) is 4.90 Å². The number of hydrogen-bond donors (Lipinski definition) is 11. The van der Waals surface area contributed by atoms with E-state index in [9.17, 15) is 43.8 Å². The van der Waals surface area contributed by atoms with Gasteiger partial charge in [-0.2, -0.15) is 0 Å². The van der Waals surface area contributed by atoms with Crippen LogP contribution in [0.15, 0.2) is 65.8 Å². The van der Waals surface area contributed by atoms with Crippen molar-refractivity contribution in [3.63, 3.8) is 0 Å². The molecule has 6 amide bonds. The summed E-state index contributed by atoms with van der Waals surface area (Å²) in [7, 11) is 0. The van der Waals surface area contributed by atoms with Crippen LogP contribution < -0.4 is 43.8 Å². The Morgan fingerprint density at radius 3 is 2.08 bits per heavy atom. The normalized spacial score (nSPS) is 16.4. The van der Waals surface area contributed by atoms with E-state index in [2.05, 4.69) is 36.6 Å². The predicted molar refractivity (Wildman–Crippen MR) is 243 cm³/mol. The van der Waals surface area contributed by atoms with Crippen LogP contribution in [-0.2, 0) is 46.4 Å². The van der Waals surface area contributed by atoms with Crippen LogP contribution in [0.1, 0.15) is 70.9 Å². The van der Waals surface area contributed by atoms with Crippen molar-refractivity contribution in [3.8, 4) is 0 Å². The standard InChI is InChI=1S/C45H65N11O9/c1-25(2)20-34(44(64)65)53-42(62)36-17-11-19-56(36)43(63)37(26(3)4)55-41(61)35(24-57)54-40(60)33(22-28-23-50-31-15-9-8-14-29(28)31)52-39(59)32(16-10-18-49-45(47)48)51-38(58)30(46)21-27-12-6-5-7-13-27/h5-9,12-15,23,25-26,30,32-37,50,57H,10-11,16-22,24,46H2,1-4H3,(H,51,58)(H,52,59)(H,53,62)(H,54,60)(H,55,61)(H,64,65)(H4,47,48,49). The zero-order valence-electron chi connectivity index (χ0n) is 37.4. The second-order valence-corrected chi connectivity index (χ2v) is 17.1. The Morgan fingerprint density at radius 2 is 1.43 bits per heavy atom. The van der Waals surface area contributed by atoms with Crippen molar-refractivity contribution < 1.29 is 43.8 Å². The van der Waals surface area contributed by atoms with E-state index in [1.807, 2.05) is 68.4 Å². The average Bonchev–Trinajstić information content (AvgIpc) is 3.93. The van der Waals surface area contributed by atoms with E-state index in [0.29, 0.717) is 12.0 Å². The molecule has 7 atom stereocenters. The number of rotatable bonds is 24. The molecule has 354 valence electrons. The Balaban J connectivity index is 1.54. The molecule has 0 aliphatic carbocycles. The number of carbonyl (C=O) groups is 7. The van der Waals surface area contributed by atoms with Crippen molar-refractivity contribution in [3.05, 3.63) is 71.9 Å². The number of aromatic nitrogens is 1. The number of benzene rings is 2. The Morgan fingerprint density at radius 1 is 0.800 bits per heavy atom. The number of aliphatic hydroxyl groups excluding tert-OH is 1. The van der Waals surface area contributed by atoms with Gasteiger partial charge in [0.05, 0.1) is 12.6 Å². The van der Waals surface area contributed by atoms with Gasteiger partial charge in [-0.05, 0) is 67.6 Å². The zero-order valence-corrected chi connectivity index (χ0v) is 37.4. The monoisotopic (exact) mass is 903 g/mol. The molecule has 2 aromatic carbocycles. The highest BCUT2D eigenvalue weighted by Gasteiger charge is 2.41. The number of carbonyl (C=O) groups excluding carboxylic acids is 6. The molecule has 7 unspecified atom stereocenters. The first kappa shape index (κ1) is 51.1. The molecule has 20 nitrogen and oxygen atoms in total. The highest BCUT2D eigenvalue weighted by molar-refractivity contribution is 5.98. The highest BCUT2D eigenvalue weighted by atomic mass is 16.4. The topological polar surface area (TPSA) is 330 Å². The van der Waals surface area contributed by atoms with E-state index in [0.717, 1.165) is 16.5 Å². The minimum Gasteiger partial charge on any atom is -0.480 e. The number of fused-ring (bicyclic) bond motifs is 1. The molecule has 65 heavy (non-hydrogen) atoms. The summed E-state index contributed by atoms with van der Waals surface area (Å²) < 4.78 is 0. The number of aliphatic imine (C=N–C) groups is 1. The lowest BCUT2D eigenvalue weighted by atomic mass is 10.0. The van der Waals surface area contributed by atoms with E-state index >= 15 is 0 Å². The molecule has 0 spiro atoms. The van der Waals surface area contributed by atoms with Crippen LogP contribution in [0, 0.1) is 11.8 Å². The molecule has 4 rings (SSSR count). The molecule has 1 aliphatic heterocycles. The number of nitrogens with two attached hydrogens (primary N) is 3. The second kappa shape index (κ2) is 24.5. The Hall–Kier alpha value is -6.54. The number of guanidine groups is 1. The van der Waals surface area contributed by atoms with E-state index in [4.69, 9.17) is 17.2 Å². The summed E-state index contributed by atoms with van der Waals surface area (Å²) in [5.41, 5.74) is 19.5. The number of carboxylic acids is 1. The Kier molecular flexibility index (Phi) is 19.3. The van der Waals surface area contributed by atoms with E-state index in [-0.39, 0.29) is 63.5 Å². The molecule has 20 heteroatoms. The van der Waals surface area contributed by atoms with Crippen molar-refractivity contribution in [2.24, 2.45) is 34.0 Å². The van der Waals surface area contributed by atoms with Crippen LogP contribution in [0.4, 0.5) is 0 Å². The number of carboxylic acid groups (broad SMARTS) is 1. The second-order valence-electron chi connectivity index (χ2n) is 17.1. The lowest BCUT2D eigenvalue weighted by molar-refractivity contribution is -0.145. The SMILES string of the molecule is CC(C)CC(NC(=O)C1CCCN1C(=O)C(NC(=O)C(CO)NC(=O)C(Cc1c[nH]c2ccccc12)NC(=O)C(CCCN=C(N)N)NC(=O)C(N)Cc1ccccc1)C(C)C)C(=O)O. The summed E-state index contributed by atoms with van der Waals surface area (Å²) in [4.78, 5) is 103. The fourth-order valence-electron chi connectivity index (χ4n) is 7.69. The molecule has 0 radical (unpaired) electrons. The number of amides is 6. The van der Waals surface area contributed by atoms with E-state index < -0.39 is 96.2 Å². The van der Waals surface area contributed by atoms with Gasteiger partial charge in [-0.15, -0.1) is 0 Å². The minimum absolute atomic E-state index is 0.0226. The summed E-state index contributed by atoms with van der Waals surface area (Å²) in [6, 6.07) is 7.88. The molecule has 1 fully saturated rings. The van der Waals surface area contributed by atoms with Crippen molar-refractivity contribution in [2.45, 2.75) is 115 Å². The van der Waals surface area contributed by atoms with Gasteiger partial charge in [0.2, 0.25) is 35.4 Å². The highest BCUT2D eigenvalue weighted by Crippen LogP contribution is 2.22. The summed E-state index contributed by atoms with van der Waals surface area (Å²) in [5, 5.41) is 34.1. The fourth-order valence-corrected chi connectivity index (χ4v) is 7.69. The zero-order chi connectivity index (χ0) is 47.8. The number of aliphatic hydroxyl groups is 1. The fraction of sp³-hybridized carbons (Fsp3) is 0.511. The number of aromatic amines is 1. The van der Waals surface area contributed by atoms with Crippen LogP contribution in [-0.4, -0.2) is 129 Å². The number of nitrogens with one attached hydrogen (secondary N) is 6. The molecule has 1 aliphatic rings. The molecule has 3 aromatic rings. The Bertz CT molecular complexity index is 2140. The van der Waals surface area contributed by atoms with Gasteiger partial charge in [-0.3, -0.25) is 33.8 Å². The summed E-state index contributed by atoms with van der Waals surface area (Å²) in [5.74, 6) is -6.23. The Labute approximate surface area is 378 Å². The van der Waals surface area contributed by atoms with Gasteiger partial charge in [0.25, 0.3) is 0 Å². The first-order valence-electron chi connectivity index (χ1n) is 22.0. The molecule has 1 saturated heterocycles. The molecule has 0 bridgehead atoms. The number of likely N-dealkylation sites (tertiary alicyclic amines) is 1. The third-order valence-corrected chi connectivity index (χ3v) is 11.2. The molecule has 2 heterocycles. The molecule has 1 aromatic heterocycles. The summed E-state index contributed by atoms with van der Waals surface area (Å²) in [6.07, 6.45) is 3.03. The van der Waals surface area contributed by atoms with Crippen LogP contribution in [0.2, 0.25) is 0 Å². The average molecular weight is 904 g/mol. The van der Waals surface area contributed by atoms with Gasteiger partial charge < -0.3 is 63.9 Å². The number of aliphatic carboxylic acids is 1. The number of H-pyrrole nitrogens is 1. The first-order valence-corrected chi connectivity index (χ1v) is 22.0. The lowest BCUT2D eigenvalue weighted by Gasteiger charge is -2.32. The molecular formula is C45H65N11O9. The van der Waals surface area contributed by atoms with Crippen LogP contribution in [0.5, 0.6) is 0 Å². The third kappa shape index (κ3) is 15.0. The number of nitrogens with zero attached hydrogens (tertiary/aromatic N) is 2. The predicted octanol–water partition coefficient (Wildman–Crippen LogP) is -0.472. The maximum atomic E-state index is 14.2. The van der Waals surface area contributed by atoms with Gasteiger partial charge in [0.15, 0.2) is 5.96 Å². The van der Waals surface area contributed by atoms with Gasteiger partial charge in [-0.25, -0.2) is 4.79 Å². The largest absolute Gasteiger partial charge is 0.480 e. The number of hydrogen-bond acceptors (Lipinski definition) is 10. The molecular weight excluding hydrogens is 839 g/mol. The maximum absolute atomic E-state index is 14.2. The van der Waals surface area contributed by atoms with Crippen LogP contribution in [0.25, 0.3) is 10.9 Å². The smallest absolute Gasteiger partial charge is 0.326 e. The van der Waals surface area contributed by atoms with Crippen molar-refractivity contribution in [1.82, 2.24) is 36.5 Å².